The van der Waals surface area contributed by atoms with Crippen LogP contribution in [0.15, 0.2) is 60.8 Å². The van der Waals surface area contributed by atoms with E-state index in [1.54, 1.807) is 0 Å². The van der Waals surface area contributed by atoms with Crippen molar-refractivity contribution in [3.05, 3.63) is 71.9 Å². The first-order chi connectivity index (χ1) is 14.0. The van der Waals surface area contributed by atoms with Crippen LogP contribution in [0.5, 0.6) is 5.75 Å². The van der Waals surface area contributed by atoms with E-state index in [0.717, 1.165) is 34.3 Å². The van der Waals surface area contributed by atoms with Crippen LogP contribution >= 0.6 is 0 Å². The van der Waals surface area contributed by atoms with Crippen LogP contribution in [0.2, 0.25) is 0 Å². The Labute approximate surface area is 171 Å². The van der Waals surface area contributed by atoms with E-state index in [9.17, 15) is 4.79 Å². The Morgan fingerprint density at radius 1 is 1.21 bits per heavy atom. The molecule has 1 atom stereocenters. The highest BCUT2D eigenvalue weighted by Crippen LogP contribution is 2.25. The molecule has 1 N–H and O–H groups in total. The fourth-order valence-corrected chi connectivity index (χ4v) is 3.39. The molecular formula is C24H28N2O3. The topological polar surface area (TPSA) is 64.3 Å². The van der Waals surface area contributed by atoms with Crippen LogP contribution in [-0.2, 0) is 17.9 Å². The maximum Gasteiger partial charge on any atom is 0.304 e. The lowest BCUT2D eigenvalue weighted by Gasteiger charge is -2.12. The monoisotopic (exact) mass is 392 g/mol. The molecule has 152 valence electrons. The number of rotatable bonds is 9. The van der Waals surface area contributed by atoms with Crippen molar-refractivity contribution in [1.82, 2.24) is 9.78 Å². The molecule has 29 heavy (non-hydrogen) atoms. The molecule has 0 spiro atoms. The number of hydrogen-bond donors (Lipinski definition) is 1. The summed E-state index contributed by atoms with van der Waals surface area (Å²) in [4.78, 5) is 11.1. The minimum atomic E-state index is -0.805. The van der Waals surface area contributed by atoms with Crippen LogP contribution in [0.25, 0.3) is 10.9 Å². The van der Waals surface area contributed by atoms with Crippen molar-refractivity contribution < 1.29 is 14.6 Å². The second-order valence-electron chi connectivity index (χ2n) is 7.70. The number of benzene rings is 2. The predicted octanol–water partition coefficient (Wildman–Crippen LogP) is 5.41. The number of allylic oxidation sites excluding steroid dienone is 2. The molecule has 2 aromatic carbocycles. The third-order valence-electron chi connectivity index (χ3n) is 4.78. The third kappa shape index (κ3) is 5.47. The SMILES string of the molecule is CC=C[C@H](CC(=O)O)c1ccc(OCc2ccc3cnn(CC(C)C)c3c2)cc1. The molecule has 0 saturated heterocycles. The summed E-state index contributed by atoms with van der Waals surface area (Å²) in [7, 11) is 0. The molecule has 5 heteroatoms. The quantitative estimate of drug-likeness (QED) is 0.495. The summed E-state index contributed by atoms with van der Waals surface area (Å²) in [6.07, 6.45) is 5.78. The first kappa shape index (κ1) is 20.6. The van der Waals surface area contributed by atoms with Gasteiger partial charge in [-0.1, -0.05) is 50.3 Å². The molecule has 0 aliphatic heterocycles. The summed E-state index contributed by atoms with van der Waals surface area (Å²) < 4.78 is 7.99. The summed E-state index contributed by atoms with van der Waals surface area (Å²) in [6, 6.07) is 13.9. The van der Waals surface area contributed by atoms with Crippen molar-refractivity contribution in [3.63, 3.8) is 0 Å². The average molecular weight is 392 g/mol. The number of carbonyl (C=O) groups is 1. The number of aromatic nitrogens is 2. The van der Waals surface area contributed by atoms with Crippen molar-refractivity contribution in [2.75, 3.05) is 0 Å². The number of carboxylic acid groups (broad SMARTS) is 1. The van der Waals surface area contributed by atoms with Gasteiger partial charge in [-0.05, 0) is 42.2 Å². The molecule has 0 saturated carbocycles. The molecule has 0 fully saturated rings. The molecule has 1 aromatic heterocycles. The van der Waals surface area contributed by atoms with Crippen LogP contribution in [-0.4, -0.2) is 20.9 Å². The Hall–Kier alpha value is -3.08. The molecular weight excluding hydrogens is 364 g/mol. The van der Waals surface area contributed by atoms with Crippen molar-refractivity contribution in [2.45, 2.75) is 46.3 Å². The van der Waals surface area contributed by atoms with Gasteiger partial charge in [0.15, 0.2) is 0 Å². The largest absolute Gasteiger partial charge is 0.489 e. The number of nitrogens with zero attached hydrogens (tertiary/aromatic N) is 2. The van der Waals surface area contributed by atoms with Gasteiger partial charge in [0.05, 0.1) is 18.1 Å². The minimum absolute atomic E-state index is 0.0780. The van der Waals surface area contributed by atoms with E-state index in [1.807, 2.05) is 54.2 Å². The first-order valence-corrected chi connectivity index (χ1v) is 9.98. The van der Waals surface area contributed by atoms with Crippen LogP contribution in [0.3, 0.4) is 0 Å². The van der Waals surface area contributed by atoms with Gasteiger partial charge in [-0.3, -0.25) is 9.48 Å². The second-order valence-corrected chi connectivity index (χ2v) is 7.70. The molecule has 1 heterocycles. The van der Waals surface area contributed by atoms with E-state index >= 15 is 0 Å². The Kier molecular flexibility index (Phi) is 6.70. The van der Waals surface area contributed by atoms with Gasteiger partial charge >= 0.3 is 5.97 Å². The van der Waals surface area contributed by atoms with Gasteiger partial charge in [0.25, 0.3) is 0 Å². The lowest BCUT2D eigenvalue weighted by atomic mass is 9.95. The standard InChI is InChI=1S/C24H28N2O3/c1-4-5-20(13-24(27)28)19-8-10-22(11-9-19)29-16-18-6-7-21-14-25-26(15-17(2)3)23(21)12-18/h4-12,14,17,20H,13,15-16H2,1-3H3,(H,27,28)/t20-/m1/s1. The van der Waals surface area contributed by atoms with Crippen LogP contribution in [0.1, 0.15) is 44.2 Å². The molecule has 0 aliphatic carbocycles. The van der Waals surface area contributed by atoms with Crippen LogP contribution < -0.4 is 4.74 Å². The van der Waals surface area contributed by atoms with Crippen LogP contribution in [0.4, 0.5) is 0 Å². The van der Waals surface area contributed by atoms with E-state index < -0.39 is 5.97 Å². The van der Waals surface area contributed by atoms with Crippen molar-refractivity contribution >= 4 is 16.9 Å². The van der Waals surface area contributed by atoms with E-state index in [4.69, 9.17) is 9.84 Å². The molecule has 3 rings (SSSR count). The van der Waals surface area contributed by atoms with Gasteiger partial charge < -0.3 is 9.84 Å². The summed E-state index contributed by atoms with van der Waals surface area (Å²) in [5.74, 6) is 0.360. The molecule has 0 bridgehead atoms. The third-order valence-corrected chi connectivity index (χ3v) is 4.78. The Balaban J connectivity index is 1.68. The second kappa shape index (κ2) is 9.41. The van der Waals surface area contributed by atoms with Crippen molar-refractivity contribution in [3.8, 4) is 5.75 Å². The van der Waals surface area contributed by atoms with Gasteiger partial charge in [0.2, 0.25) is 0 Å². The molecule has 0 amide bonds. The molecule has 5 nitrogen and oxygen atoms in total. The zero-order chi connectivity index (χ0) is 20.8. The highest BCUT2D eigenvalue weighted by molar-refractivity contribution is 5.79. The zero-order valence-electron chi connectivity index (χ0n) is 17.2. The fraction of sp³-hybridized carbons (Fsp3) is 0.333. The highest BCUT2D eigenvalue weighted by atomic mass is 16.5. The predicted molar refractivity (Wildman–Crippen MR) is 115 cm³/mol. The Morgan fingerprint density at radius 2 is 1.97 bits per heavy atom. The summed E-state index contributed by atoms with van der Waals surface area (Å²) in [5.41, 5.74) is 3.18. The van der Waals surface area contributed by atoms with E-state index in [-0.39, 0.29) is 12.3 Å². The van der Waals surface area contributed by atoms with Gasteiger partial charge in [0.1, 0.15) is 12.4 Å². The maximum absolute atomic E-state index is 11.1. The van der Waals surface area contributed by atoms with Crippen molar-refractivity contribution in [1.29, 1.82) is 0 Å². The van der Waals surface area contributed by atoms with E-state index in [0.29, 0.717) is 12.5 Å². The molecule has 0 unspecified atom stereocenters. The highest BCUT2D eigenvalue weighted by Gasteiger charge is 2.12. The van der Waals surface area contributed by atoms with Gasteiger partial charge in [0, 0.05) is 17.8 Å². The van der Waals surface area contributed by atoms with E-state index in [1.165, 1.54) is 0 Å². The number of ether oxygens (including phenoxy) is 1. The maximum atomic E-state index is 11.1. The lowest BCUT2D eigenvalue weighted by molar-refractivity contribution is -0.137. The Morgan fingerprint density at radius 3 is 2.62 bits per heavy atom. The lowest BCUT2D eigenvalue weighted by Crippen LogP contribution is -2.06. The van der Waals surface area contributed by atoms with Crippen molar-refractivity contribution in [2.24, 2.45) is 5.92 Å². The molecule has 0 radical (unpaired) electrons. The molecule has 0 aliphatic rings. The average Bonchev–Trinajstić information content (AvgIpc) is 3.08. The van der Waals surface area contributed by atoms with Crippen LogP contribution in [0, 0.1) is 5.92 Å². The van der Waals surface area contributed by atoms with Gasteiger partial charge in [-0.2, -0.15) is 5.10 Å². The van der Waals surface area contributed by atoms with Gasteiger partial charge in [-0.15, -0.1) is 0 Å². The Bertz CT molecular complexity index is 987. The molecule has 3 aromatic rings. The number of carboxylic acids is 1. The number of aliphatic carboxylic acids is 1. The minimum Gasteiger partial charge on any atom is -0.489 e. The smallest absolute Gasteiger partial charge is 0.304 e. The fourth-order valence-electron chi connectivity index (χ4n) is 3.39. The normalized spacial score (nSPS) is 12.7. The van der Waals surface area contributed by atoms with E-state index in [2.05, 4.69) is 37.1 Å². The summed E-state index contributed by atoms with van der Waals surface area (Å²) >= 11 is 0. The first-order valence-electron chi connectivity index (χ1n) is 9.98. The van der Waals surface area contributed by atoms with Gasteiger partial charge in [-0.25, -0.2) is 0 Å². The zero-order valence-corrected chi connectivity index (χ0v) is 17.2. The number of hydrogen-bond acceptors (Lipinski definition) is 3. The number of fused-ring (bicyclic) bond motifs is 1. The summed E-state index contributed by atoms with van der Waals surface area (Å²) in [5, 5.41) is 14.7. The summed E-state index contributed by atoms with van der Waals surface area (Å²) in [6.45, 7) is 7.62.